The summed E-state index contributed by atoms with van der Waals surface area (Å²) < 4.78 is 28.3. The average Bonchev–Trinajstić information content (AvgIpc) is 2.46. The third-order valence-corrected chi connectivity index (χ3v) is 5.40. The van der Waals surface area contributed by atoms with Crippen LogP contribution in [-0.2, 0) is 15.4 Å². The van der Waals surface area contributed by atoms with E-state index in [1.165, 1.54) is 6.92 Å². The van der Waals surface area contributed by atoms with Crippen LogP contribution < -0.4 is 4.72 Å². The lowest BCUT2D eigenvalue weighted by atomic mass is 9.87. The molecule has 0 radical (unpaired) electrons. The molecule has 4 nitrogen and oxygen atoms in total. The molecule has 0 aliphatic heterocycles. The van der Waals surface area contributed by atoms with Crippen LogP contribution in [0.5, 0.6) is 0 Å². The molecule has 24 heavy (non-hydrogen) atoms. The van der Waals surface area contributed by atoms with E-state index >= 15 is 0 Å². The van der Waals surface area contributed by atoms with E-state index in [0.29, 0.717) is 16.8 Å². The molecule has 5 heteroatoms. The van der Waals surface area contributed by atoms with Crippen molar-refractivity contribution in [2.45, 2.75) is 44.9 Å². The standard InChI is InChI=1S/C19H23NO3S/c1-13-10-11-15(19(3,4)5)12-18(13)24(22,23)20-17-9-7-6-8-16(17)14(2)21/h6-12,20H,1-5H3. The summed E-state index contributed by atoms with van der Waals surface area (Å²) in [5.74, 6) is -0.187. The summed E-state index contributed by atoms with van der Waals surface area (Å²) in [7, 11) is -3.79. The summed E-state index contributed by atoms with van der Waals surface area (Å²) in [4.78, 5) is 11.9. The Morgan fingerprint density at radius 3 is 2.25 bits per heavy atom. The number of anilines is 1. The van der Waals surface area contributed by atoms with Crippen LogP contribution in [0, 0.1) is 6.92 Å². The van der Waals surface area contributed by atoms with Crippen molar-refractivity contribution in [1.82, 2.24) is 0 Å². The lowest BCUT2D eigenvalue weighted by Gasteiger charge is -2.21. The fraction of sp³-hybridized carbons (Fsp3) is 0.316. The third kappa shape index (κ3) is 3.85. The predicted molar refractivity (Wildman–Crippen MR) is 97.1 cm³/mol. The zero-order valence-electron chi connectivity index (χ0n) is 14.7. The number of carbonyl (C=O) groups excluding carboxylic acids is 1. The van der Waals surface area contributed by atoms with Gasteiger partial charge in [0.05, 0.1) is 10.6 Å². The van der Waals surface area contributed by atoms with E-state index in [9.17, 15) is 13.2 Å². The van der Waals surface area contributed by atoms with E-state index in [2.05, 4.69) is 4.72 Å². The molecule has 0 fully saturated rings. The second-order valence-corrected chi connectivity index (χ2v) is 8.59. The molecular weight excluding hydrogens is 322 g/mol. The largest absolute Gasteiger partial charge is 0.294 e. The van der Waals surface area contributed by atoms with Gasteiger partial charge in [-0.25, -0.2) is 8.42 Å². The Kier molecular flexibility index (Phi) is 4.85. The van der Waals surface area contributed by atoms with Crippen LogP contribution in [0.2, 0.25) is 0 Å². The molecule has 0 aliphatic carbocycles. The fourth-order valence-corrected chi connectivity index (χ4v) is 3.79. The average molecular weight is 345 g/mol. The van der Waals surface area contributed by atoms with Crippen LogP contribution in [0.3, 0.4) is 0 Å². The first-order valence-electron chi connectivity index (χ1n) is 7.76. The molecule has 0 spiro atoms. The second-order valence-electron chi connectivity index (χ2n) is 6.94. The summed E-state index contributed by atoms with van der Waals surface area (Å²) in [6.07, 6.45) is 0. The Balaban J connectivity index is 2.51. The van der Waals surface area contributed by atoms with Crippen molar-refractivity contribution in [2.75, 3.05) is 4.72 Å². The van der Waals surface area contributed by atoms with Crippen molar-refractivity contribution in [3.05, 3.63) is 59.2 Å². The lowest BCUT2D eigenvalue weighted by molar-refractivity contribution is 0.101. The number of carbonyl (C=O) groups is 1. The number of sulfonamides is 1. The van der Waals surface area contributed by atoms with Crippen molar-refractivity contribution < 1.29 is 13.2 Å². The quantitative estimate of drug-likeness (QED) is 0.841. The number of aryl methyl sites for hydroxylation is 1. The number of hydrogen-bond donors (Lipinski definition) is 1. The molecule has 1 N–H and O–H groups in total. The maximum atomic E-state index is 12.9. The number of nitrogens with one attached hydrogen (secondary N) is 1. The molecule has 0 saturated heterocycles. The molecule has 0 unspecified atom stereocenters. The molecule has 128 valence electrons. The maximum Gasteiger partial charge on any atom is 0.262 e. The van der Waals surface area contributed by atoms with Crippen molar-refractivity contribution in [3.63, 3.8) is 0 Å². The van der Waals surface area contributed by atoms with Crippen LogP contribution in [-0.4, -0.2) is 14.2 Å². The number of ketones is 1. The Labute approximate surface area is 144 Å². The van der Waals surface area contributed by atoms with Gasteiger partial charge >= 0.3 is 0 Å². The van der Waals surface area contributed by atoms with Gasteiger partial charge in [0.1, 0.15) is 0 Å². The summed E-state index contributed by atoms with van der Waals surface area (Å²) in [6, 6.07) is 12.1. The Bertz CT molecular complexity index is 878. The van der Waals surface area contributed by atoms with Crippen LogP contribution in [0.4, 0.5) is 5.69 Å². The first-order chi connectivity index (χ1) is 11.0. The summed E-state index contributed by atoms with van der Waals surface area (Å²) >= 11 is 0. The van der Waals surface area contributed by atoms with Gasteiger partial charge in [-0.05, 0) is 48.6 Å². The first-order valence-corrected chi connectivity index (χ1v) is 9.24. The monoisotopic (exact) mass is 345 g/mol. The van der Waals surface area contributed by atoms with Gasteiger partial charge in [0, 0.05) is 5.56 Å². The van der Waals surface area contributed by atoms with E-state index < -0.39 is 10.0 Å². The molecule has 0 saturated carbocycles. The van der Waals surface area contributed by atoms with Crippen molar-refractivity contribution in [1.29, 1.82) is 0 Å². The van der Waals surface area contributed by atoms with Gasteiger partial charge in [-0.3, -0.25) is 9.52 Å². The Morgan fingerprint density at radius 2 is 1.67 bits per heavy atom. The van der Waals surface area contributed by atoms with Crippen molar-refractivity contribution in [3.8, 4) is 0 Å². The highest BCUT2D eigenvalue weighted by atomic mass is 32.2. The van der Waals surface area contributed by atoms with Gasteiger partial charge in [0.2, 0.25) is 0 Å². The minimum absolute atomic E-state index is 0.157. The van der Waals surface area contributed by atoms with E-state index in [1.807, 2.05) is 32.9 Å². The number of hydrogen-bond acceptors (Lipinski definition) is 3. The molecule has 0 heterocycles. The fourth-order valence-electron chi connectivity index (χ4n) is 2.43. The molecule has 0 aliphatic rings. The number of benzene rings is 2. The van der Waals surface area contributed by atoms with E-state index in [1.54, 1.807) is 37.3 Å². The maximum absolute atomic E-state index is 12.9. The topological polar surface area (TPSA) is 63.2 Å². The molecule has 0 bridgehead atoms. The number of para-hydroxylation sites is 1. The summed E-state index contributed by atoms with van der Waals surface area (Å²) in [6.45, 7) is 9.28. The molecule has 2 rings (SSSR count). The van der Waals surface area contributed by atoms with Gasteiger partial charge in [0.15, 0.2) is 5.78 Å². The summed E-state index contributed by atoms with van der Waals surface area (Å²) in [5.41, 5.74) is 2.09. The Morgan fingerprint density at radius 1 is 1.04 bits per heavy atom. The molecule has 0 aromatic heterocycles. The number of Topliss-reactive ketones (excluding diaryl/α,β-unsaturated/α-hetero) is 1. The minimum Gasteiger partial charge on any atom is -0.294 e. The van der Waals surface area contributed by atoms with Gasteiger partial charge in [0.25, 0.3) is 10.0 Å². The van der Waals surface area contributed by atoms with Crippen molar-refractivity contribution in [2.24, 2.45) is 0 Å². The molecular formula is C19H23NO3S. The van der Waals surface area contributed by atoms with E-state index in [-0.39, 0.29) is 16.1 Å². The highest BCUT2D eigenvalue weighted by Crippen LogP contribution is 2.28. The predicted octanol–water partition coefficient (Wildman–Crippen LogP) is 4.30. The highest BCUT2D eigenvalue weighted by Gasteiger charge is 2.22. The van der Waals surface area contributed by atoms with E-state index in [0.717, 1.165) is 5.56 Å². The van der Waals surface area contributed by atoms with Crippen LogP contribution in [0.15, 0.2) is 47.4 Å². The van der Waals surface area contributed by atoms with Gasteiger partial charge in [-0.15, -0.1) is 0 Å². The molecule has 2 aromatic rings. The SMILES string of the molecule is CC(=O)c1ccccc1NS(=O)(=O)c1cc(C(C)(C)C)ccc1C. The zero-order chi connectivity index (χ0) is 18.1. The van der Waals surface area contributed by atoms with Gasteiger partial charge in [-0.1, -0.05) is 45.0 Å². The van der Waals surface area contributed by atoms with Gasteiger partial charge < -0.3 is 0 Å². The third-order valence-electron chi connectivity index (χ3n) is 3.89. The lowest BCUT2D eigenvalue weighted by Crippen LogP contribution is -2.18. The van der Waals surface area contributed by atoms with Gasteiger partial charge in [-0.2, -0.15) is 0 Å². The first kappa shape index (κ1) is 18.2. The second kappa shape index (κ2) is 6.40. The van der Waals surface area contributed by atoms with Crippen LogP contribution >= 0.6 is 0 Å². The van der Waals surface area contributed by atoms with E-state index in [4.69, 9.17) is 0 Å². The minimum atomic E-state index is -3.79. The molecule has 0 amide bonds. The van der Waals surface area contributed by atoms with Crippen molar-refractivity contribution >= 4 is 21.5 Å². The molecule has 2 aromatic carbocycles. The molecule has 0 atom stereocenters. The number of rotatable bonds is 4. The van der Waals surface area contributed by atoms with Crippen LogP contribution in [0.25, 0.3) is 0 Å². The normalized spacial score (nSPS) is 12.0. The zero-order valence-corrected chi connectivity index (χ0v) is 15.5. The van der Waals surface area contributed by atoms with Crippen LogP contribution in [0.1, 0.15) is 49.2 Å². The summed E-state index contributed by atoms with van der Waals surface area (Å²) in [5, 5.41) is 0. The highest BCUT2D eigenvalue weighted by molar-refractivity contribution is 7.92. The smallest absolute Gasteiger partial charge is 0.262 e. The Hall–Kier alpha value is -2.14.